The topological polar surface area (TPSA) is 102 Å². The Hall–Kier alpha value is -3.59. The van der Waals surface area contributed by atoms with Crippen LogP contribution in [0.1, 0.15) is 6.92 Å². The largest absolute Gasteiger partial charge is 0.497 e. The molecular formula is C21H20N4O4S. The first-order valence-corrected chi connectivity index (χ1v) is 9.98. The van der Waals surface area contributed by atoms with Gasteiger partial charge in [0.25, 0.3) is 5.56 Å². The minimum absolute atomic E-state index is 0.126. The van der Waals surface area contributed by atoms with Crippen LogP contribution in [0.5, 0.6) is 5.75 Å². The number of benzene rings is 2. The number of carbonyl (C=O) groups is 2. The lowest BCUT2D eigenvalue weighted by atomic mass is 10.3. The number of thioether (sulfide) groups is 1. The van der Waals surface area contributed by atoms with E-state index in [0.29, 0.717) is 27.8 Å². The summed E-state index contributed by atoms with van der Waals surface area (Å²) in [6.07, 6.45) is 0. The monoisotopic (exact) mass is 424 g/mol. The fourth-order valence-electron chi connectivity index (χ4n) is 2.56. The third-order valence-electron chi connectivity index (χ3n) is 3.93. The third-order valence-corrected chi connectivity index (χ3v) is 4.85. The number of methoxy groups -OCH3 is 1. The molecule has 3 rings (SSSR count). The van der Waals surface area contributed by atoms with Crippen molar-refractivity contribution in [2.75, 3.05) is 23.5 Å². The molecule has 154 valence electrons. The number of hydrogen-bond donors (Lipinski definition) is 2. The second-order valence-corrected chi connectivity index (χ2v) is 7.21. The Morgan fingerprint density at radius 2 is 1.60 bits per heavy atom. The van der Waals surface area contributed by atoms with Crippen molar-refractivity contribution in [1.82, 2.24) is 9.78 Å². The highest BCUT2D eigenvalue weighted by molar-refractivity contribution is 7.99. The Labute approximate surface area is 177 Å². The summed E-state index contributed by atoms with van der Waals surface area (Å²) in [5.74, 6) is 0.434. The van der Waals surface area contributed by atoms with E-state index >= 15 is 0 Å². The van der Waals surface area contributed by atoms with Crippen molar-refractivity contribution in [1.29, 1.82) is 0 Å². The zero-order valence-corrected chi connectivity index (χ0v) is 17.2. The summed E-state index contributed by atoms with van der Waals surface area (Å²) in [4.78, 5) is 35.4. The quantitative estimate of drug-likeness (QED) is 0.566. The van der Waals surface area contributed by atoms with E-state index in [4.69, 9.17) is 4.74 Å². The molecule has 0 radical (unpaired) electrons. The summed E-state index contributed by atoms with van der Waals surface area (Å²) in [5.41, 5.74) is 1.60. The molecular weight excluding hydrogens is 404 g/mol. The van der Waals surface area contributed by atoms with Gasteiger partial charge < -0.3 is 15.4 Å². The number of anilines is 2. The van der Waals surface area contributed by atoms with Crippen molar-refractivity contribution >= 4 is 35.0 Å². The normalized spacial score (nSPS) is 10.3. The third kappa shape index (κ3) is 5.71. The van der Waals surface area contributed by atoms with E-state index in [9.17, 15) is 14.4 Å². The van der Waals surface area contributed by atoms with Crippen LogP contribution in [0.25, 0.3) is 5.69 Å². The molecule has 0 aliphatic carbocycles. The maximum absolute atomic E-state index is 12.2. The first-order chi connectivity index (χ1) is 14.4. The molecule has 9 heteroatoms. The number of aromatic nitrogens is 2. The molecule has 0 spiro atoms. The number of nitrogens with zero attached hydrogens (tertiary/aromatic N) is 2. The average molecular weight is 424 g/mol. The van der Waals surface area contributed by atoms with E-state index in [1.54, 1.807) is 61.7 Å². The fourth-order valence-corrected chi connectivity index (χ4v) is 3.21. The number of ether oxygens (including phenoxy) is 1. The number of hydrogen-bond acceptors (Lipinski definition) is 6. The molecule has 0 bridgehead atoms. The zero-order valence-electron chi connectivity index (χ0n) is 16.4. The van der Waals surface area contributed by atoms with Gasteiger partial charge in [-0.25, -0.2) is 0 Å². The van der Waals surface area contributed by atoms with Crippen LogP contribution < -0.4 is 20.9 Å². The van der Waals surface area contributed by atoms with Gasteiger partial charge in [0.15, 0.2) is 0 Å². The van der Waals surface area contributed by atoms with Gasteiger partial charge in [-0.05, 0) is 54.6 Å². The van der Waals surface area contributed by atoms with Crippen molar-refractivity contribution in [3.8, 4) is 11.4 Å². The van der Waals surface area contributed by atoms with Gasteiger partial charge in [0.1, 0.15) is 10.8 Å². The molecule has 0 saturated carbocycles. The van der Waals surface area contributed by atoms with Crippen molar-refractivity contribution in [3.63, 3.8) is 0 Å². The lowest BCUT2D eigenvalue weighted by molar-refractivity contribution is -0.114. The molecule has 0 saturated heterocycles. The highest BCUT2D eigenvalue weighted by Crippen LogP contribution is 2.18. The van der Waals surface area contributed by atoms with Gasteiger partial charge >= 0.3 is 0 Å². The summed E-state index contributed by atoms with van der Waals surface area (Å²) in [5, 5.41) is 10.3. The molecule has 2 N–H and O–H groups in total. The number of carbonyl (C=O) groups excluding carboxylic acids is 2. The minimum Gasteiger partial charge on any atom is -0.497 e. The van der Waals surface area contributed by atoms with Crippen LogP contribution in [0.4, 0.5) is 11.4 Å². The Bertz CT molecular complexity index is 1100. The van der Waals surface area contributed by atoms with Crippen LogP contribution in [0, 0.1) is 0 Å². The number of nitrogens with one attached hydrogen (secondary N) is 2. The first kappa shape index (κ1) is 21.1. The molecule has 0 aliphatic heterocycles. The molecule has 8 nitrogen and oxygen atoms in total. The zero-order chi connectivity index (χ0) is 21.5. The van der Waals surface area contributed by atoms with Gasteiger partial charge in [0.05, 0.1) is 18.6 Å². The van der Waals surface area contributed by atoms with E-state index < -0.39 is 0 Å². The predicted octanol–water partition coefficient (Wildman–Crippen LogP) is 2.93. The number of rotatable bonds is 7. The molecule has 1 aromatic heterocycles. The van der Waals surface area contributed by atoms with Crippen LogP contribution in [-0.4, -0.2) is 34.5 Å². The molecule has 0 aliphatic rings. The van der Waals surface area contributed by atoms with Gasteiger partial charge in [0.2, 0.25) is 11.8 Å². The molecule has 0 fully saturated rings. The summed E-state index contributed by atoms with van der Waals surface area (Å²) in [6.45, 7) is 1.43. The second kappa shape index (κ2) is 9.75. The molecule has 0 atom stereocenters. The Morgan fingerprint density at radius 1 is 0.967 bits per heavy atom. The van der Waals surface area contributed by atoms with E-state index in [2.05, 4.69) is 15.7 Å². The maximum Gasteiger partial charge on any atom is 0.271 e. The predicted molar refractivity (Wildman–Crippen MR) is 116 cm³/mol. The van der Waals surface area contributed by atoms with E-state index in [1.807, 2.05) is 0 Å². The molecule has 2 amide bonds. The molecule has 1 heterocycles. The Kier molecular flexibility index (Phi) is 6.87. The molecule has 2 aromatic carbocycles. The van der Waals surface area contributed by atoms with Gasteiger partial charge in [-0.1, -0.05) is 11.8 Å². The first-order valence-electron chi connectivity index (χ1n) is 9.00. The van der Waals surface area contributed by atoms with Crippen LogP contribution in [0.15, 0.2) is 70.5 Å². The fraction of sp³-hybridized carbons (Fsp3) is 0.143. The van der Waals surface area contributed by atoms with Crippen LogP contribution >= 0.6 is 11.8 Å². The Balaban J connectivity index is 1.61. The second-order valence-electron chi connectivity index (χ2n) is 6.22. The summed E-state index contributed by atoms with van der Waals surface area (Å²) >= 11 is 1.22. The van der Waals surface area contributed by atoms with E-state index in [0.717, 1.165) is 0 Å². The SMILES string of the molecule is COc1ccc(-n2nc(SCC(=O)Nc3ccc(NC(C)=O)cc3)ccc2=O)cc1. The molecule has 3 aromatic rings. The standard InChI is InChI=1S/C21H20N4O4S/c1-14(26)22-15-3-5-16(6-4-15)23-19(27)13-30-20-11-12-21(28)25(24-20)17-7-9-18(29-2)10-8-17/h3-12H,13H2,1-2H3,(H,22,26)(H,23,27). The summed E-state index contributed by atoms with van der Waals surface area (Å²) in [6, 6.07) is 16.8. The highest BCUT2D eigenvalue weighted by atomic mass is 32.2. The van der Waals surface area contributed by atoms with Crippen LogP contribution in [-0.2, 0) is 9.59 Å². The maximum atomic E-state index is 12.2. The minimum atomic E-state index is -0.270. The highest BCUT2D eigenvalue weighted by Gasteiger charge is 2.08. The van der Waals surface area contributed by atoms with Crippen molar-refractivity contribution in [2.45, 2.75) is 11.9 Å². The van der Waals surface area contributed by atoms with Gasteiger partial charge in [-0.3, -0.25) is 14.4 Å². The van der Waals surface area contributed by atoms with Crippen molar-refractivity contribution in [2.24, 2.45) is 0 Å². The van der Waals surface area contributed by atoms with Crippen LogP contribution in [0.3, 0.4) is 0 Å². The lowest BCUT2D eigenvalue weighted by Gasteiger charge is -2.08. The van der Waals surface area contributed by atoms with Gasteiger partial charge in [0, 0.05) is 24.4 Å². The lowest BCUT2D eigenvalue weighted by Crippen LogP contribution is -2.20. The van der Waals surface area contributed by atoms with Gasteiger partial charge in [-0.15, -0.1) is 0 Å². The molecule has 30 heavy (non-hydrogen) atoms. The van der Waals surface area contributed by atoms with Gasteiger partial charge in [-0.2, -0.15) is 9.78 Å². The van der Waals surface area contributed by atoms with Crippen molar-refractivity contribution in [3.05, 3.63) is 71.0 Å². The Morgan fingerprint density at radius 3 is 2.20 bits per heavy atom. The average Bonchev–Trinajstić information content (AvgIpc) is 2.74. The van der Waals surface area contributed by atoms with E-state index in [1.165, 1.54) is 29.4 Å². The summed E-state index contributed by atoms with van der Waals surface area (Å²) < 4.78 is 6.40. The molecule has 0 unspecified atom stereocenters. The van der Waals surface area contributed by atoms with Crippen LogP contribution in [0.2, 0.25) is 0 Å². The smallest absolute Gasteiger partial charge is 0.271 e. The van der Waals surface area contributed by atoms with Crippen molar-refractivity contribution < 1.29 is 14.3 Å². The summed E-state index contributed by atoms with van der Waals surface area (Å²) in [7, 11) is 1.57. The number of amides is 2. The van der Waals surface area contributed by atoms with E-state index in [-0.39, 0.29) is 23.1 Å².